The fraction of sp³-hybridized carbons (Fsp3) is 0.571. The Balaban J connectivity index is 2.14. The van der Waals surface area contributed by atoms with Gasteiger partial charge in [0.2, 0.25) is 0 Å². The van der Waals surface area contributed by atoms with E-state index in [0.29, 0.717) is 6.61 Å². The molecule has 0 radical (unpaired) electrons. The monoisotopic (exact) mass is 248 g/mol. The molecule has 1 fully saturated rings. The lowest BCUT2D eigenvalue weighted by Crippen LogP contribution is -2.34. The molecule has 1 aliphatic heterocycles. The molecule has 0 saturated carbocycles. The van der Waals surface area contributed by atoms with Crippen molar-refractivity contribution in [3.63, 3.8) is 0 Å². The van der Waals surface area contributed by atoms with Crippen molar-refractivity contribution in [1.29, 1.82) is 0 Å². The summed E-state index contributed by atoms with van der Waals surface area (Å²) < 4.78 is 11.4. The van der Waals surface area contributed by atoms with E-state index in [1.165, 1.54) is 0 Å². The molecule has 0 spiro atoms. The van der Waals surface area contributed by atoms with Crippen molar-refractivity contribution in [2.24, 2.45) is 0 Å². The first-order valence-corrected chi connectivity index (χ1v) is 6.35. The highest BCUT2D eigenvalue weighted by atomic mass is 16.7. The van der Waals surface area contributed by atoms with Crippen molar-refractivity contribution in [3.8, 4) is 0 Å². The Morgan fingerprint density at radius 2 is 1.89 bits per heavy atom. The number of aliphatic hydroxyl groups excluding tert-OH is 1. The molecule has 1 saturated heterocycles. The second kappa shape index (κ2) is 4.69. The Morgan fingerprint density at radius 3 is 2.33 bits per heavy atom. The molecule has 1 aromatic rings. The number of hydrogen-bond donors (Lipinski definition) is 1. The lowest BCUT2D eigenvalue weighted by Gasteiger charge is -2.22. The summed E-state index contributed by atoms with van der Waals surface area (Å²) in [4.78, 5) is 0. The molecule has 1 aliphatic rings. The van der Waals surface area contributed by atoms with Crippen LogP contribution in [0.3, 0.4) is 0 Å². The topological polar surface area (TPSA) is 38.7 Å². The van der Waals surface area contributed by atoms with E-state index in [0.717, 1.165) is 11.0 Å². The Hall–Kier alpha value is -0.835. The zero-order chi connectivity index (χ0) is 13.4. The van der Waals surface area contributed by atoms with Gasteiger partial charge in [-0.3, -0.25) is 0 Å². The standard InChI is InChI=1S/C14H21BO3/c1-13(2,9-16)11-5-7-12(8-6-11)15-17-10-14(3,4)18-15/h5-8,16H,9-10H2,1-4H3. The van der Waals surface area contributed by atoms with Gasteiger partial charge in [0.15, 0.2) is 0 Å². The van der Waals surface area contributed by atoms with Gasteiger partial charge in [-0.2, -0.15) is 0 Å². The van der Waals surface area contributed by atoms with E-state index in [-0.39, 0.29) is 24.7 Å². The molecule has 0 aromatic heterocycles. The summed E-state index contributed by atoms with van der Waals surface area (Å²) in [6.07, 6.45) is 0. The van der Waals surface area contributed by atoms with Gasteiger partial charge in [-0.25, -0.2) is 0 Å². The number of hydrogen-bond acceptors (Lipinski definition) is 3. The Morgan fingerprint density at radius 1 is 1.28 bits per heavy atom. The third kappa shape index (κ3) is 2.77. The second-order valence-corrected chi connectivity index (χ2v) is 6.18. The molecule has 0 amide bonds. The van der Waals surface area contributed by atoms with Crippen molar-refractivity contribution in [2.45, 2.75) is 38.7 Å². The maximum Gasteiger partial charge on any atom is 0.494 e. The Bertz CT molecular complexity index is 412. The summed E-state index contributed by atoms with van der Waals surface area (Å²) >= 11 is 0. The predicted octanol–water partition coefficient (Wildman–Crippen LogP) is 1.48. The molecule has 2 rings (SSSR count). The molecule has 98 valence electrons. The molecule has 0 atom stereocenters. The average Bonchev–Trinajstić information content (AvgIpc) is 2.70. The minimum Gasteiger partial charge on any atom is -0.404 e. The lowest BCUT2D eigenvalue weighted by atomic mass is 9.77. The maximum absolute atomic E-state index is 9.35. The van der Waals surface area contributed by atoms with Gasteiger partial charge in [0.1, 0.15) is 0 Å². The predicted molar refractivity (Wildman–Crippen MR) is 73.1 cm³/mol. The SMILES string of the molecule is CC1(C)COB(c2ccc(C(C)(C)CO)cc2)O1. The quantitative estimate of drug-likeness (QED) is 0.823. The van der Waals surface area contributed by atoms with Crippen molar-refractivity contribution in [3.05, 3.63) is 29.8 Å². The Kier molecular flexibility index (Phi) is 3.54. The fourth-order valence-corrected chi connectivity index (χ4v) is 1.98. The highest BCUT2D eigenvalue weighted by molar-refractivity contribution is 6.61. The second-order valence-electron chi connectivity index (χ2n) is 6.18. The zero-order valence-electron chi connectivity index (χ0n) is 11.6. The van der Waals surface area contributed by atoms with Crippen LogP contribution in [0.1, 0.15) is 33.3 Å². The first kappa shape index (κ1) is 13.6. The van der Waals surface area contributed by atoms with Crippen LogP contribution in [0.15, 0.2) is 24.3 Å². The summed E-state index contributed by atoms with van der Waals surface area (Å²) in [7, 11) is -0.272. The molecule has 1 N–H and O–H groups in total. The lowest BCUT2D eigenvalue weighted by molar-refractivity contribution is 0.137. The van der Waals surface area contributed by atoms with E-state index >= 15 is 0 Å². The van der Waals surface area contributed by atoms with Crippen molar-refractivity contribution in [2.75, 3.05) is 13.2 Å². The van der Waals surface area contributed by atoms with Gasteiger partial charge in [0.05, 0.1) is 18.8 Å². The van der Waals surface area contributed by atoms with Crippen LogP contribution in [-0.2, 0) is 14.7 Å². The smallest absolute Gasteiger partial charge is 0.404 e. The van der Waals surface area contributed by atoms with Crippen LogP contribution in [0.2, 0.25) is 0 Å². The Labute approximate surface area is 109 Å². The van der Waals surface area contributed by atoms with E-state index in [1.807, 2.05) is 52.0 Å². The van der Waals surface area contributed by atoms with Crippen LogP contribution >= 0.6 is 0 Å². The van der Waals surface area contributed by atoms with Crippen molar-refractivity contribution < 1.29 is 14.4 Å². The molecular weight excluding hydrogens is 227 g/mol. The van der Waals surface area contributed by atoms with Crippen LogP contribution in [0.5, 0.6) is 0 Å². The summed E-state index contributed by atoms with van der Waals surface area (Å²) in [6.45, 7) is 8.84. The van der Waals surface area contributed by atoms with Crippen LogP contribution in [0, 0.1) is 0 Å². The molecular formula is C14H21BO3. The van der Waals surface area contributed by atoms with E-state index in [2.05, 4.69) is 0 Å². The van der Waals surface area contributed by atoms with Crippen molar-refractivity contribution in [1.82, 2.24) is 0 Å². The third-order valence-electron chi connectivity index (χ3n) is 3.37. The van der Waals surface area contributed by atoms with E-state index in [9.17, 15) is 5.11 Å². The molecule has 1 aromatic carbocycles. The molecule has 0 bridgehead atoms. The average molecular weight is 248 g/mol. The first-order valence-electron chi connectivity index (χ1n) is 6.35. The van der Waals surface area contributed by atoms with Gasteiger partial charge in [-0.1, -0.05) is 38.1 Å². The summed E-state index contributed by atoms with van der Waals surface area (Å²) in [5.74, 6) is 0. The molecule has 1 heterocycles. The molecule has 3 nitrogen and oxygen atoms in total. The van der Waals surface area contributed by atoms with Crippen LogP contribution in [0.25, 0.3) is 0 Å². The van der Waals surface area contributed by atoms with Gasteiger partial charge < -0.3 is 14.4 Å². The maximum atomic E-state index is 9.35. The summed E-state index contributed by atoms with van der Waals surface area (Å²) in [5, 5.41) is 9.35. The van der Waals surface area contributed by atoms with Gasteiger partial charge in [0, 0.05) is 5.41 Å². The first-order chi connectivity index (χ1) is 8.34. The normalized spacial score (nSPS) is 19.3. The number of aliphatic hydroxyl groups is 1. The molecule has 0 aliphatic carbocycles. The minimum atomic E-state index is -0.272. The number of benzene rings is 1. The molecule has 4 heteroatoms. The fourth-order valence-electron chi connectivity index (χ4n) is 1.98. The largest absolute Gasteiger partial charge is 0.494 e. The van der Waals surface area contributed by atoms with Gasteiger partial charge in [0.25, 0.3) is 0 Å². The third-order valence-corrected chi connectivity index (χ3v) is 3.37. The highest BCUT2D eigenvalue weighted by Gasteiger charge is 2.38. The minimum absolute atomic E-state index is 0.135. The van der Waals surface area contributed by atoms with Crippen LogP contribution in [0.4, 0.5) is 0 Å². The van der Waals surface area contributed by atoms with E-state index in [4.69, 9.17) is 9.31 Å². The molecule has 18 heavy (non-hydrogen) atoms. The summed E-state index contributed by atoms with van der Waals surface area (Å²) in [6, 6.07) is 8.09. The van der Waals surface area contributed by atoms with Gasteiger partial charge >= 0.3 is 7.12 Å². The van der Waals surface area contributed by atoms with Crippen molar-refractivity contribution >= 4 is 12.6 Å². The van der Waals surface area contributed by atoms with Gasteiger partial charge in [-0.15, -0.1) is 0 Å². The van der Waals surface area contributed by atoms with Crippen LogP contribution in [-0.4, -0.2) is 31.0 Å². The highest BCUT2D eigenvalue weighted by Crippen LogP contribution is 2.23. The molecule has 0 unspecified atom stereocenters. The van der Waals surface area contributed by atoms with Crippen LogP contribution < -0.4 is 5.46 Å². The summed E-state index contributed by atoms with van der Waals surface area (Å²) in [5.41, 5.74) is 1.71. The zero-order valence-corrected chi connectivity index (χ0v) is 11.6. The van der Waals surface area contributed by atoms with E-state index in [1.54, 1.807) is 0 Å². The number of rotatable bonds is 3. The van der Waals surface area contributed by atoms with Gasteiger partial charge in [-0.05, 0) is 24.9 Å². The van der Waals surface area contributed by atoms with E-state index < -0.39 is 0 Å².